The average Bonchev–Trinajstić information content (AvgIpc) is 3.57. The summed E-state index contributed by atoms with van der Waals surface area (Å²) in [5.74, 6) is 0.796. The molecule has 1 aliphatic heterocycles. The molecule has 4 heterocycles. The fourth-order valence-corrected chi connectivity index (χ4v) is 4.80. The van der Waals surface area contributed by atoms with Gasteiger partial charge in [-0.2, -0.15) is 10.4 Å². The molecule has 0 amide bonds. The third kappa shape index (κ3) is 4.44. The van der Waals surface area contributed by atoms with Crippen LogP contribution in [0.2, 0.25) is 0 Å². The highest BCUT2D eigenvalue weighted by Crippen LogP contribution is 2.34. The molecule has 31 heavy (non-hydrogen) atoms. The third-order valence-electron chi connectivity index (χ3n) is 6.37. The highest BCUT2D eigenvalue weighted by molar-refractivity contribution is 5.55. The first-order chi connectivity index (χ1) is 15.3. The molecule has 7 heteroatoms. The Hall–Kier alpha value is -3.24. The maximum atomic E-state index is 8.91. The SMILES string of the molecule is N#Cc1ccc(Nc2cccc([C@H]3CCCN3Cc3cnn(C4CCCC4)c3)n2)cn1. The fraction of sp³-hybridized carbons (Fsp3) is 0.417. The van der Waals surface area contributed by atoms with Gasteiger partial charge in [-0.3, -0.25) is 9.58 Å². The van der Waals surface area contributed by atoms with Gasteiger partial charge in [-0.05, 0) is 56.5 Å². The number of rotatable bonds is 6. The first-order valence-electron chi connectivity index (χ1n) is 11.2. The molecule has 1 saturated heterocycles. The van der Waals surface area contributed by atoms with E-state index in [0.717, 1.165) is 36.7 Å². The second-order valence-electron chi connectivity index (χ2n) is 8.51. The molecule has 2 fully saturated rings. The quantitative estimate of drug-likeness (QED) is 0.628. The summed E-state index contributed by atoms with van der Waals surface area (Å²) in [6.45, 7) is 1.99. The number of anilines is 2. The third-order valence-corrected chi connectivity index (χ3v) is 6.37. The van der Waals surface area contributed by atoms with Gasteiger partial charge < -0.3 is 5.32 Å². The molecular formula is C24H27N7. The van der Waals surface area contributed by atoms with Crippen molar-refractivity contribution in [2.45, 2.75) is 57.2 Å². The Morgan fingerprint density at radius 3 is 2.77 bits per heavy atom. The Morgan fingerprint density at radius 1 is 1.06 bits per heavy atom. The molecule has 1 N–H and O–H groups in total. The van der Waals surface area contributed by atoms with Crippen molar-refractivity contribution in [1.29, 1.82) is 5.26 Å². The summed E-state index contributed by atoms with van der Waals surface area (Å²) in [5.41, 5.74) is 3.61. The van der Waals surface area contributed by atoms with E-state index in [1.54, 1.807) is 12.3 Å². The molecule has 0 radical (unpaired) electrons. The van der Waals surface area contributed by atoms with E-state index >= 15 is 0 Å². The molecule has 3 aromatic heterocycles. The van der Waals surface area contributed by atoms with Crippen molar-refractivity contribution in [2.75, 3.05) is 11.9 Å². The van der Waals surface area contributed by atoms with E-state index in [4.69, 9.17) is 10.2 Å². The Bertz CT molecular complexity index is 1060. The molecule has 0 spiro atoms. The number of likely N-dealkylation sites (tertiary alicyclic amines) is 1. The molecule has 2 aliphatic rings. The van der Waals surface area contributed by atoms with Crippen LogP contribution in [-0.2, 0) is 6.54 Å². The van der Waals surface area contributed by atoms with E-state index in [0.29, 0.717) is 17.8 Å². The predicted molar refractivity (Wildman–Crippen MR) is 119 cm³/mol. The van der Waals surface area contributed by atoms with Gasteiger partial charge >= 0.3 is 0 Å². The van der Waals surface area contributed by atoms with Crippen LogP contribution >= 0.6 is 0 Å². The first kappa shape index (κ1) is 19.7. The maximum absolute atomic E-state index is 8.91. The van der Waals surface area contributed by atoms with Crippen LogP contribution in [0.3, 0.4) is 0 Å². The van der Waals surface area contributed by atoms with Gasteiger partial charge in [0.25, 0.3) is 0 Å². The number of hydrogen-bond donors (Lipinski definition) is 1. The lowest BCUT2D eigenvalue weighted by Gasteiger charge is -2.24. The Balaban J connectivity index is 1.27. The lowest BCUT2D eigenvalue weighted by Crippen LogP contribution is -2.23. The van der Waals surface area contributed by atoms with Crippen molar-refractivity contribution in [1.82, 2.24) is 24.6 Å². The number of nitriles is 1. The van der Waals surface area contributed by atoms with E-state index in [1.807, 2.05) is 24.4 Å². The van der Waals surface area contributed by atoms with Gasteiger partial charge in [-0.25, -0.2) is 9.97 Å². The molecule has 7 nitrogen and oxygen atoms in total. The summed E-state index contributed by atoms with van der Waals surface area (Å²) in [7, 11) is 0. The van der Waals surface area contributed by atoms with Crippen molar-refractivity contribution >= 4 is 11.5 Å². The largest absolute Gasteiger partial charge is 0.339 e. The number of nitrogens with zero attached hydrogens (tertiary/aromatic N) is 6. The van der Waals surface area contributed by atoms with Gasteiger partial charge in [0, 0.05) is 18.3 Å². The fourth-order valence-electron chi connectivity index (χ4n) is 4.80. The van der Waals surface area contributed by atoms with Crippen molar-refractivity contribution in [3.05, 3.63) is 65.9 Å². The van der Waals surface area contributed by atoms with Gasteiger partial charge in [-0.1, -0.05) is 18.9 Å². The molecule has 5 rings (SSSR count). The summed E-state index contributed by atoms with van der Waals surface area (Å²) in [5, 5.41) is 16.9. The molecule has 1 aliphatic carbocycles. The first-order valence-corrected chi connectivity index (χ1v) is 11.2. The van der Waals surface area contributed by atoms with E-state index in [-0.39, 0.29) is 0 Å². The maximum Gasteiger partial charge on any atom is 0.140 e. The van der Waals surface area contributed by atoms with Crippen LogP contribution in [-0.4, -0.2) is 31.2 Å². The molecule has 3 aromatic rings. The van der Waals surface area contributed by atoms with E-state index in [1.165, 1.54) is 37.7 Å². The van der Waals surface area contributed by atoms with Gasteiger partial charge in [-0.15, -0.1) is 0 Å². The standard InChI is InChI=1S/C24H27N7/c25-13-19-10-11-20(15-26-19)28-24-9-3-7-22(29-24)23-8-4-12-30(23)16-18-14-27-31(17-18)21-5-1-2-6-21/h3,7,9-11,14-15,17,21,23H,1-2,4-6,8,12,16H2,(H,28,29)/t23-/m1/s1. The molecule has 1 saturated carbocycles. The summed E-state index contributed by atoms with van der Waals surface area (Å²) in [6, 6.07) is 12.6. The van der Waals surface area contributed by atoms with Crippen LogP contribution in [0, 0.1) is 11.3 Å². The highest BCUT2D eigenvalue weighted by atomic mass is 15.3. The topological polar surface area (TPSA) is 82.7 Å². The zero-order valence-corrected chi connectivity index (χ0v) is 17.6. The normalized spacial score (nSPS) is 19.5. The smallest absolute Gasteiger partial charge is 0.140 e. The minimum atomic E-state index is 0.315. The number of pyridine rings is 2. The summed E-state index contributed by atoms with van der Waals surface area (Å²) >= 11 is 0. The summed E-state index contributed by atoms with van der Waals surface area (Å²) < 4.78 is 2.18. The molecule has 0 bridgehead atoms. The Morgan fingerprint density at radius 2 is 1.97 bits per heavy atom. The van der Waals surface area contributed by atoms with Gasteiger partial charge in [0.15, 0.2) is 0 Å². The van der Waals surface area contributed by atoms with E-state index in [2.05, 4.69) is 43.3 Å². The predicted octanol–water partition coefficient (Wildman–Crippen LogP) is 4.74. The van der Waals surface area contributed by atoms with Crippen LogP contribution in [0.15, 0.2) is 48.9 Å². The zero-order valence-electron chi connectivity index (χ0n) is 17.6. The molecule has 0 unspecified atom stereocenters. The number of hydrogen-bond acceptors (Lipinski definition) is 6. The number of nitrogens with one attached hydrogen (secondary N) is 1. The van der Waals surface area contributed by atoms with E-state index < -0.39 is 0 Å². The van der Waals surface area contributed by atoms with Crippen molar-refractivity contribution in [2.24, 2.45) is 0 Å². The molecule has 158 valence electrons. The van der Waals surface area contributed by atoms with Crippen LogP contribution in [0.4, 0.5) is 11.5 Å². The second kappa shape index (κ2) is 8.86. The van der Waals surface area contributed by atoms with Gasteiger partial charge in [0.05, 0.1) is 35.9 Å². The monoisotopic (exact) mass is 413 g/mol. The highest BCUT2D eigenvalue weighted by Gasteiger charge is 2.28. The Labute approximate surface area is 182 Å². The minimum Gasteiger partial charge on any atom is -0.339 e. The van der Waals surface area contributed by atoms with Crippen LogP contribution in [0.5, 0.6) is 0 Å². The van der Waals surface area contributed by atoms with Crippen molar-refractivity contribution in [3.63, 3.8) is 0 Å². The van der Waals surface area contributed by atoms with Crippen LogP contribution in [0.25, 0.3) is 0 Å². The molecular weight excluding hydrogens is 386 g/mol. The molecule has 0 aromatic carbocycles. The zero-order chi connectivity index (χ0) is 21.0. The van der Waals surface area contributed by atoms with Gasteiger partial charge in [0.1, 0.15) is 17.6 Å². The number of aromatic nitrogens is 4. The summed E-state index contributed by atoms with van der Waals surface area (Å²) in [4.78, 5) is 11.5. The summed E-state index contributed by atoms with van der Waals surface area (Å²) in [6.07, 6.45) is 13.4. The second-order valence-corrected chi connectivity index (χ2v) is 8.51. The minimum absolute atomic E-state index is 0.315. The van der Waals surface area contributed by atoms with E-state index in [9.17, 15) is 0 Å². The lowest BCUT2D eigenvalue weighted by molar-refractivity contribution is 0.244. The van der Waals surface area contributed by atoms with Crippen molar-refractivity contribution < 1.29 is 0 Å². The Kier molecular flexibility index (Phi) is 5.63. The van der Waals surface area contributed by atoms with Crippen LogP contribution in [0.1, 0.15) is 67.6 Å². The van der Waals surface area contributed by atoms with Crippen molar-refractivity contribution in [3.8, 4) is 6.07 Å². The average molecular weight is 414 g/mol. The lowest BCUT2D eigenvalue weighted by atomic mass is 10.1. The van der Waals surface area contributed by atoms with Crippen LogP contribution < -0.4 is 5.32 Å². The molecule has 1 atom stereocenters. The van der Waals surface area contributed by atoms with Gasteiger partial charge in [0.2, 0.25) is 0 Å².